The molecule has 1 atom stereocenters. The second kappa shape index (κ2) is 10.5. The zero-order valence-electron chi connectivity index (χ0n) is 19.7. The number of hydrogen-bond acceptors (Lipinski definition) is 5. The summed E-state index contributed by atoms with van der Waals surface area (Å²) < 4.78 is 0. The number of aromatic nitrogens is 2. The number of nitrogens with one attached hydrogen (secondary N) is 1. The van der Waals surface area contributed by atoms with Crippen LogP contribution in [0.3, 0.4) is 0 Å². The minimum Gasteiger partial charge on any atom is -0.340 e. The molecule has 178 valence electrons. The average Bonchev–Trinajstić information content (AvgIpc) is 3.29. The maximum atomic E-state index is 13.6. The molecule has 0 radical (unpaired) electrons. The molecule has 1 fully saturated rings. The van der Waals surface area contributed by atoms with Gasteiger partial charge in [-0.05, 0) is 38.2 Å². The predicted molar refractivity (Wildman–Crippen MR) is 127 cm³/mol. The first-order valence-electron chi connectivity index (χ1n) is 11.2. The Balaban J connectivity index is 1.86. The van der Waals surface area contributed by atoms with Crippen molar-refractivity contribution in [2.24, 2.45) is 0 Å². The van der Waals surface area contributed by atoms with E-state index in [0.29, 0.717) is 23.7 Å². The normalized spacial score (nSPS) is 18.4. The standard InChI is InChI=1S/C24H32ClN5O3/c1-5-8-17-13-18(27-26-17)16-29(4)21(31)14-24(19-9-6-7-10-20(19)25)15-22(32)30(23(24)33)12-11-28(2)3/h6-7,9-10,13H,5,8,11-12,14-16H2,1-4H3,(H,26,27). The van der Waals surface area contributed by atoms with Gasteiger partial charge in [-0.25, -0.2) is 0 Å². The zero-order chi connectivity index (χ0) is 24.2. The van der Waals surface area contributed by atoms with E-state index in [4.69, 9.17) is 11.6 Å². The predicted octanol–water partition coefficient (Wildman–Crippen LogP) is 2.62. The molecule has 33 heavy (non-hydrogen) atoms. The average molecular weight is 474 g/mol. The summed E-state index contributed by atoms with van der Waals surface area (Å²) in [5.41, 5.74) is 0.983. The minimum atomic E-state index is -1.31. The molecule has 2 aromatic rings. The summed E-state index contributed by atoms with van der Waals surface area (Å²) in [4.78, 5) is 44.6. The fraction of sp³-hybridized carbons (Fsp3) is 0.500. The Hall–Kier alpha value is -2.71. The minimum absolute atomic E-state index is 0.0761. The quantitative estimate of drug-likeness (QED) is 0.536. The second-order valence-corrected chi connectivity index (χ2v) is 9.36. The first-order chi connectivity index (χ1) is 15.7. The molecular formula is C24H32ClN5O3. The smallest absolute Gasteiger partial charge is 0.240 e. The largest absolute Gasteiger partial charge is 0.340 e. The number of rotatable bonds is 10. The molecule has 9 heteroatoms. The van der Waals surface area contributed by atoms with Crippen LogP contribution in [0.5, 0.6) is 0 Å². The van der Waals surface area contributed by atoms with Gasteiger partial charge < -0.3 is 9.80 Å². The van der Waals surface area contributed by atoms with E-state index in [2.05, 4.69) is 17.1 Å². The van der Waals surface area contributed by atoms with Gasteiger partial charge in [-0.1, -0.05) is 43.1 Å². The molecule has 1 aliphatic rings. The van der Waals surface area contributed by atoms with Gasteiger partial charge >= 0.3 is 0 Å². The van der Waals surface area contributed by atoms with Crippen molar-refractivity contribution in [3.63, 3.8) is 0 Å². The lowest BCUT2D eigenvalue weighted by molar-refractivity contribution is -0.142. The van der Waals surface area contributed by atoms with Crippen LogP contribution in [0.25, 0.3) is 0 Å². The number of hydrogen-bond donors (Lipinski definition) is 1. The van der Waals surface area contributed by atoms with Crippen molar-refractivity contribution in [2.45, 2.75) is 44.6 Å². The highest BCUT2D eigenvalue weighted by Crippen LogP contribution is 2.43. The lowest BCUT2D eigenvalue weighted by atomic mass is 9.75. The number of aromatic amines is 1. The lowest BCUT2D eigenvalue weighted by Crippen LogP contribution is -2.44. The molecule has 0 bridgehead atoms. The molecule has 0 aliphatic carbocycles. The Morgan fingerprint density at radius 3 is 2.64 bits per heavy atom. The van der Waals surface area contributed by atoms with E-state index < -0.39 is 5.41 Å². The van der Waals surface area contributed by atoms with Crippen LogP contribution in [0.15, 0.2) is 30.3 Å². The Morgan fingerprint density at radius 2 is 1.97 bits per heavy atom. The molecule has 2 heterocycles. The number of amides is 3. The van der Waals surface area contributed by atoms with Crippen LogP contribution in [0.1, 0.15) is 43.1 Å². The molecule has 1 saturated heterocycles. The third-order valence-corrected chi connectivity index (χ3v) is 6.37. The van der Waals surface area contributed by atoms with Crippen molar-refractivity contribution in [3.05, 3.63) is 52.3 Å². The lowest BCUT2D eigenvalue weighted by Gasteiger charge is -2.30. The van der Waals surface area contributed by atoms with E-state index in [9.17, 15) is 14.4 Å². The van der Waals surface area contributed by atoms with Gasteiger partial charge in [0.2, 0.25) is 17.7 Å². The highest BCUT2D eigenvalue weighted by molar-refractivity contribution is 6.32. The summed E-state index contributed by atoms with van der Waals surface area (Å²) in [5.74, 6) is -0.886. The summed E-state index contributed by atoms with van der Waals surface area (Å²) in [6.07, 6.45) is 1.64. The number of benzene rings is 1. The van der Waals surface area contributed by atoms with E-state index in [1.807, 2.05) is 25.1 Å². The van der Waals surface area contributed by atoms with Crippen LogP contribution in [-0.4, -0.2) is 76.9 Å². The molecule has 1 aromatic heterocycles. The van der Waals surface area contributed by atoms with Crippen molar-refractivity contribution in [3.8, 4) is 0 Å². The van der Waals surface area contributed by atoms with Gasteiger partial charge in [-0.3, -0.25) is 24.4 Å². The van der Waals surface area contributed by atoms with Gasteiger partial charge in [0.25, 0.3) is 0 Å². The van der Waals surface area contributed by atoms with Crippen LogP contribution in [0.4, 0.5) is 0 Å². The second-order valence-electron chi connectivity index (χ2n) is 8.95. The van der Waals surface area contributed by atoms with E-state index in [0.717, 1.165) is 24.2 Å². The number of nitrogens with zero attached hydrogens (tertiary/aromatic N) is 4. The number of halogens is 1. The summed E-state index contributed by atoms with van der Waals surface area (Å²) in [6.45, 7) is 3.24. The van der Waals surface area contributed by atoms with Gasteiger partial charge in [-0.2, -0.15) is 5.10 Å². The molecule has 3 amide bonds. The third-order valence-electron chi connectivity index (χ3n) is 6.05. The van der Waals surface area contributed by atoms with Crippen LogP contribution >= 0.6 is 11.6 Å². The summed E-state index contributed by atoms with van der Waals surface area (Å²) in [7, 11) is 5.45. The van der Waals surface area contributed by atoms with E-state index in [1.165, 1.54) is 4.90 Å². The maximum absolute atomic E-state index is 13.6. The molecule has 8 nitrogen and oxygen atoms in total. The van der Waals surface area contributed by atoms with Gasteiger partial charge in [0, 0.05) is 38.0 Å². The van der Waals surface area contributed by atoms with Crippen molar-refractivity contribution >= 4 is 29.3 Å². The highest BCUT2D eigenvalue weighted by Gasteiger charge is 2.54. The Kier molecular flexibility index (Phi) is 7.92. The van der Waals surface area contributed by atoms with E-state index in [-0.39, 0.29) is 37.1 Å². The molecule has 1 unspecified atom stereocenters. The van der Waals surface area contributed by atoms with Crippen LogP contribution in [0.2, 0.25) is 5.02 Å². The van der Waals surface area contributed by atoms with Crippen molar-refractivity contribution < 1.29 is 14.4 Å². The van der Waals surface area contributed by atoms with Gasteiger partial charge in [0.05, 0.1) is 23.3 Å². The number of H-pyrrole nitrogens is 1. The number of aryl methyl sites for hydroxylation is 1. The fourth-order valence-corrected chi connectivity index (χ4v) is 4.55. The van der Waals surface area contributed by atoms with Crippen LogP contribution in [-0.2, 0) is 32.8 Å². The zero-order valence-corrected chi connectivity index (χ0v) is 20.5. The topological polar surface area (TPSA) is 89.6 Å². The Morgan fingerprint density at radius 1 is 1.24 bits per heavy atom. The molecule has 1 aliphatic heterocycles. The van der Waals surface area contributed by atoms with E-state index >= 15 is 0 Å². The Bertz CT molecular complexity index is 1020. The SMILES string of the molecule is CCCc1cc(CN(C)C(=O)CC2(c3ccccc3Cl)CC(=O)N(CCN(C)C)C2=O)[nH]n1. The number of likely N-dealkylation sites (tertiary alicyclic amines) is 1. The van der Waals surface area contributed by atoms with Gasteiger partial charge in [0.1, 0.15) is 0 Å². The number of imide groups is 1. The third kappa shape index (κ3) is 5.45. The molecule has 0 spiro atoms. The molecule has 0 saturated carbocycles. The number of likely N-dealkylation sites (N-methyl/N-ethyl adjacent to an activating group) is 1. The maximum Gasteiger partial charge on any atom is 0.240 e. The van der Waals surface area contributed by atoms with Gasteiger partial charge in [0.15, 0.2) is 0 Å². The fourth-order valence-electron chi connectivity index (χ4n) is 4.23. The van der Waals surface area contributed by atoms with Crippen molar-refractivity contribution in [1.82, 2.24) is 24.9 Å². The molecule has 1 N–H and O–H groups in total. The molecular weight excluding hydrogens is 442 g/mol. The summed E-state index contributed by atoms with van der Waals surface area (Å²) >= 11 is 6.48. The molecule has 1 aromatic carbocycles. The Labute approximate surface area is 199 Å². The number of carbonyl (C=O) groups excluding carboxylic acids is 3. The van der Waals surface area contributed by atoms with E-state index in [1.54, 1.807) is 36.2 Å². The van der Waals surface area contributed by atoms with Crippen molar-refractivity contribution in [2.75, 3.05) is 34.2 Å². The summed E-state index contributed by atoms with van der Waals surface area (Å²) in [6, 6.07) is 8.92. The van der Waals surface area contributed by atoms with Crippen LogP contribution in [0, 0.1) is 0 Å². The summed E-state index contributed by atoms with van der Waals surface area (Å²) in [5, 5.41) is 7.62. The number of carbonyl (C=O) groups is 3. The first-order valence-corrected chi connectivity index (χ1v) is 11.6. The van der Waals surface area contributed by atoms with Gasteiger partial charge in [-0.15, -0.1) is 0 Å². The van der Waals surface area contributed by atoms with Crippen LogP contribution < -0.4 is 0 Å². The molecule has 3 rings (SSSR count). The highest BCUT2D eigenvalue weighted by atomic mass is 35.5. The van der Waals surface area contributed by atoms with Crippen molar-refractivity contribution in [1.29, 1.82) is 0 Å². The monoisotopic (exact) mass is 473 g/mol. The first kappa shape index (κ1) is 24.9.